The SMILES string of the molecule is C=C(C[C@]1(O)C[C@H](C(=C)C)CC=C1C)C[Si](C)(C)C. The van der Waals surface area contributed by atoms with Crippen LogP contribution in [-0.2, 0) is 0 Å². The Kier molecular flexibility index (Phi) is 5.02. The van der Waals surface area contributed by atoms with Crippen molar-refractivity contribution in [1.29, 1.82) is 0 Å². The lowest BCUT2D eigenvalue weighted by Gasteiger charge is -2.38. The molecule has 108 valence electrons. The summed E-state index contributed by atoms with van der Waals surface area (Å²) in [6.07, 6.45) is 4.72. The maximum atomic E-state index is 11.0. The van der Waals surface area contributed by atoms with Crippen molar-refractivity contribution in [2.75, 3.05) is 0 Å². The van der Waals surface area contributed by atoms with Crippen LogP contribution in [0.1, 0.15) is 33.1 Å². The smallest absolute Gasteiger partial charge is 0.0896 e. The molecule has 0 saturated carbocycles. The standard InChI is InChI=1S/C17H30OSi/c1-13(2)16-9-8-15(4)17(18,11-16)10-14(3)12-19(5,6)7/h8,16,18H,1,3,9-12H2,2,4-7H3/t16-,17+/m1/s1. The first-order valence-corrected chi connectivity index (χ1v) is 11.0. The third kappa shape index (κ3) is 4.77. The Balaban J connectivity index is 2.79. The molecule has 0 amide bonds. The summed E-state index contributed by atoms with van der Waals surface area (Å²) in [5.41, 5.74) is 2.80. The van der Waals surface area contributed by atoms with Gasteiger partial charge in [-0.3, -0.25) is 0 Å². The zero-order valence-corrected chi connectivity index (χ0v) is 14.3. The van der Waals surface area contributed by atoms with E-state index < -0.39 is 13.7 Å². The fraction of sp³-hybridized carbons (Fsp3) is 0.647. The van der Waals surface area contributed by atoms with Crippen molar-refractivity contribution >= 4 is 8.07 Å². The maximum absolute atomic E-state index is 11.0. The molecule has 1 N–H and O–H groups in total. The van der Waals surface area contributed by atoms with E-state index in [0.717, 1.165) is 24.5 Å². The van der Waals surface area contributed by atoms with Gasteiger partial charge in [0.1, 0.15) is 0 Å². The van der Waals surface area contributed by atoms with Crippen molar-refractivity contribution in [1.82, 2.24) is 0 Å². The minimum atomic E-state index is -1.15. The van der Waals surface area contributed by atoms with E-state index in [-0.39, 0.29) is 0 Å². The van der Waals surface area contributed by atoms with Gasteiger partial charge in [0.05, 0.1) is 5.60 Å². The van der Waals surface area contributed by atoms with Crippen LogP contribution in [0.25, 0.3) is 0 Å². The van der Waals surface area contributed by atoms with Gasteiger partial charge in [-0.1, -0.05) is 43.4 Å². The van der Waals surface area contributed by atoms with E-state index in [2.05, 4.69) is 52.7 Å². The normalized spacial score (nSPS) is 27.9. The molecule has 1 rings (SSSR count). The van der Waals surface area contributed by atoms with Gasteiger partial charge in [-0.2, -0.15) is 0 Å². The fourth-order valence-corrected chi connectivity index (χ4v) is 4.60. The van der Waals surface area contributed by atoms with Crippen molar-refractivity contribution in [2.45, 2.75) is 64.4 Å². The third-order valence-corrected chi connectivity index (χ3v) is 5.61. The highest BCUT2D eigenvalue weighted by molar-refractivity contribution is 6.76. The van der Waals surface area contributed by atoms with Crippen LogP contribution < -0.4 is 0 Å². The van der Waals surface area contributed by atoms with Gasteiger partial charge in [0.2, 0.25) is 0 Å². The molecule has 0 spiro atoms. The first kappa shape index (κ1) is 16.5. The molecule has 0 aliphatic heterocycles. The van der Waals surface area contributed by atoms with Crippen LogP contribution in [0.15, 0.2) is 36.0 Å². The summed E-state index contributed by atoms with van der Waals surface area (Å²) in [5, 5.41) is 11.0. The summed E-state index contributed by atoms with van der Waals surface area (Å²) >= 11 is 0. The zero-order valence-electron chi connectivity index (χ0n) is 13.3. The summed E-state index contributed by atoms with van der Waals surface area (Å²) in [4.78, 5) is 0. The monoisotopic (exact) mass is 278 g/mol. The average molecular weight is 279 g/mol. The zero-order chi connectivity index (χ0) is 14.8. The van der Waals surface area contributed by atoms with Gasteiger partial charge in [0, 0.05) is 14.5 Å². The van der Waals surface area contributed by atoms with Crippen LogP contribution in [0.2, 0.25) is 25.7 Å². The van der Waals surface area contributed by atoms with Crippen LogP contribution in [0.3, 0.4) is 0 Å². The first-order valence-electron chi connectivity index (χ1n) is 7.25. The van der Waals surface area contributed by atoms with E-state index >= 15 is 0 Å². The molecule has 0 heterocycles. The molecule has 1 nitrogen and oxygen atoms in total. The molecule has 0 radical (unpaired) electrons. The predicted molar refractivity (Wildman–Crippen MR) is 88.2 cm³/mol. The highest BCUT2D eigenvalue weighted by atomic mass is 28.3. The Labute approximate surface area is 120 Å². The highest BCUT2D eigenvalue weighted by Crippen LogP contribution is 2.40. The van der Waals surface area contributed by atoms with E-state index in [4.69, 9.17) is 0 Å². The molecule has 0 unspecified atom stereocenters. The highest BCUT2D eigenvalue weighted by Gasteiger charge is 2.36. The predicted octanol–water partition coefficient (Wildman–Crippen LogP) is 4.93. The Bertz CT molecular complexity index is 400. The van der Waals surface area contributed by atoms with E-state index in [1.165, 1.54) is 11.1 Å². The largest absolute Gasteiger partial charge is 0.385 e. The van der Waals surface area contributed by atoms with E-state index in [1.54, 1.807) is 0 Å². The number of aliphatic hydroxyl groups is 1. The molecule has 0 aromatic rings. The molecule has 2 atom stereocenters. The van der Waals surface area contributed by atoms with Crippen molar-refractivity contribution in [3.8, 4) is 0 Å². The van der Waals surface area contributed by atoms with Crippen molar-refractivity contribution < 1.29 is 5.11 Å². The second kappa shape index (κ2) is 5.80. The molecule has 0 bridgehead atoms. The summed E-state index contributed by atoms with van der Waals surface area (Å²) < 4.78 is 0. The molecule has 0 aromatic carbocycles. The average Bonchev–Trinajstić information content (AvgIpc) is 2.18. The molecular weight excluding hydrogens is 248 g/mol. The van der Waals surface area contributed by atoms with Gasteiger partial charge in [-0.05, 0) is 44.2 Å². The molecule has 0 aromatic heterocycles. The number of hydrogen-bond donors (Lipinski definition) is 1. The Morgan fingerprint density at radius 3 is 2.47 bits per heavy atom. The summed E-state index contributed by atoms with van der Waals surface area (Å²) in [6.45, 7) is 19.4. The summed E-state index contributed by atoms with van der Waals surface area (Å²) in [5.74, 6) is 0.411. The topological polar surface area (TPSA) is 20.2 Å². The lowest BCUT2D eigenvalue weighted by atomic mass is 9.73. The number of hydrogen-bond acceptors (Lipinski definition) is 1. The van der Waals surface area contributed by atoms with Gasteiger partial charge in [-0.25, -0.2) is 0 Å². The van der Waals surface area contributed by atoms with Crippen LogP contribution in [0, 0.1) is 5.92 Å². The molecule has 1 aliphatic carbocycles. The molecular formula is C17H30OSi. The minimum Gasteiger partial charge on any atom is -0.385 e. The van der Waals surface area contributed by atoms with E-state index in [1.807, 2.05) is 0 Å². The van der Waals surface area contributed by atoms with Crippen LogP contribution >= 0.6 is 0 Å². The van der Waals surface area contributed by atoms with Crippen molar-refractivity contribution in [2.24, 2.45) is 5.92 Å². The van der Waals surface area contributed by atoms with Crippen LogP contribution in [0.4, 0.5) is 0 Å². The molecule has 2 heteroatoms. The summed E-state index contributed by atoms with van der Waals surface area (Å²) in [6, 6.07) is 1.10. The van der Waals surface area contributed by atoms with Gasteiger partial charge < -0.3 is 5.11 Å². The Morgan fingerprint density at radius 2 is 2.00 bits per heavy atom. The molecule has 19 heavy (non-hydrogen) atoms. The van der Waals surface area contributed by atoms with Crippen molar-refractivity contribution in [3.63, 3.8) is 0 Å². The molecule has 0 saturated heterocycles. The van der Waals surface area contributed by atoms with Gasteiger partial charge >= 0.3 is 0 Å². The first-order chi connectivity index (χ1) is 8.53. The van der Waals surface area contributed by atoms with Crippen molar-refractivity contribution in [3.05, 3.63) is 36.0 Å². The maximum Gasteiger partial charge on any atom is 0.0896 e. The van der Waals surface area contributed by atoms with Gasteiger partial charge in [0.15, 0.2) is 0 Å². The fourth-order valence-electron chi connectivity index (χ4n) is 2.97. The van der Waals surface area contributed by atoms with E-state index in [0.29, 0.717) is 12.3 Å². The van der Waals surface area contributed by atoms with Gasteiger partial charge in [0.25, 0.3) is 0 Å². The second-order valence-electron chi connectivity index (χ2n) is 7.57. The van der Waals surface area contributed by atoms with Crippen LogP contribution in [-0.4, -0.2) is 18.8 Å². The number of allylic oxidation sites excluding steroid dienone is 2. The van der Waals surface area contributed by atoms with Gasteiger partial charge in [-0.15, -0.1) is 6.58 Å². The third-order valence-electron chi connectivity index (χ3n) is 4.05. The Morgan fingerprint density at radius 1 is 1.42 bits per heavy atom. The number of rotatable bonds is 5. The molecule has 0 fully saturated rings. The molecule has 1 aliphatic rings. The Hall–Kier alpha value is -0.603. The minimum absolute atomic E-state index is 0.411. The lowest BCUT2D eigenvalue weighted by Crippen LogP contribution is -2.37. The summed E-state index contributed by atoms with van der Waals surface area (Å²) in [7, 11) is -1.15. The lowest BCUT2D eigenvalue weighted by molar-refractivity contribution is 0.0498. The van der Waals surface area contributed by atoms with E-state index in [9.17, 15) is 5.11 Å². The van der Waals surface area contributed by atoms with Crippen LogP contribution in [0.5, 0.6) is 0 Å². The second-order valence-corrected chi connectivity index (χ2v) is 13.0. The quantitative estimate of drug-likeness (QED) is 0.558.